The van der Waals surface area contributed by atoms with E-state index in [1.807, 2.05) is 12.2 Å². The number of amides is 1. The molecule has 1 amide bonds. The van der Waals surface area contributed by atoms with Gasteiger partial charge in [0.2, 0.25) is 5.91 Å². The fraction of sp³-hybridized carbons (Fsp3) is 0.667. The fourth-order valence-corrected chi connectivity index (χ4v) is 3.23. The van der Waals surface area contributed by atoms with Crippen molar-refractivity contribution < 1.29 is 14.7 Å². The summed E-state index contributed by atoms with van der Waals surface area (Å²) in [5.41, 5.74) is -0.617. The number of aliphatic carboxylic acids is 1. The number of carbonyl (C=O) groups excluding carboxylic acids is 1. The SMILES string of the molecule is O=C(O)[C@@H]1CC[C@H]2C=C[C@]3(CCCN3)C(=O)N21. The van der Waals surface area contributed by atoms with E-state index in [4.69, 9.17) is 5.11 Å². The lowest BCUT2D eigenvalue weighted by Crippen LogP contribution is -2.60. The molecule has 5 nitrogen and oxygen atoms in total. The molecule has 2 N–H and O–H groups in total. The summed E-state index contributed by atoms with van der Waals surface area (Å²) in [7, 11) is 0. The summed E-state index contributed by atoms with van der Waals surface area (Å²) >= 11 is 0. The predicted molar refractivity (Wildman–Crippen MR) is 60.4 cm³/mol. The molecule has 3 heterocycles. The molecule has 0 aromatic heterocycles. The van der Waals surface area contributed by atoms with Gasteiger partial charge in [0.15, 0.2) is 0 Å². The van der Waals surface area contributed by atoms with Crippen molar-refractivity contribution in [2.75, 3.05) is 6.54 Å². The van der Waals surface area contributed by atoms with Crippen LogP contribution in [-0.4, -0.2) is 46.1 Å². The highest BCUT2D eigenvalue weighted by molar-refractivity contribution is 5.94. The highest BCUT2D eigenvalue weighted by atomic mass is 16.4. The number of hydrogen-bond donors (Lipinski definition) is 2. The summed E-state index contributed by atoms with van der Waals surface area (Å²) in [6, 6.07) is -0.659. The Morgan fingerprint density at radius 3 is 3.00 bits per heavy atom. The van der Waals surface area contributed by atoms with Gasteiger partial charge in [-0.2, -0.15) is 0 Å². The highest BCUT2D eigenvalue weighted by Crippen LogP contribution is 2.35. The number of carboxylic acids is 1. The van der Waals surface area contributed by atoms with Crippen molar-refractivity contribution in [2.45, 2.75) is 43.3 Å². The summed E-state index contributed by atoms with van der Waals surface area (Å²) in [5.74, 6) is -0.934. The molecule has 0 aromatic carbocycles. The van der Waals surface area contributed by atoms with Crippen LogP contribution < -0.4 is 5.32 Å². The molecule has 0 unspecified atom stereocenters. The topological polar surface area (TPSA) is 69.6 Å². The molecule has 0 aliphatic carbocycles. The van der Waals surface area contributed by atoms with Crippen LogP contribution in [0.25, 0.3) is 0 Å². The minimum absolute atomic E-state index is 0.0170. The Morgan fingerprint density at radius 1 is 1.53 bits per heavy atom. The molecule has 0 radical (unpaired) electrons. The first-order valence-corrected chi connectivity index (χ1v) is 6.14. The van der Waals surface area contributed by atoms with E-state index < -0.39 is 17.6 Å². The Hall–Kier alpha value is -1.36. The van der Waals surface area contributed by atoms with Crippen LogP contribution in [0.1, 0.15) is 25.7 Å². The van der Waals surface area contributed by atoms with Crippen molar-refractivity contribution in [3.05, 3.63) is 12.2 Å². The Kier molecular flexibility index (Phi) is 2.26. The largest absolute Gasteiger partial charge is 0.480 e. The van der Waals surface area contributed by atoms with E-state index in [-0.39, 0.29) is 11.9 Å². The van der Waals surface area contributed by atoms with E-state index in [9.17, 15) is 9.59 Å². The molecule has 0 aromatic rings. The van der Waals surface area contributed by atoms with Gasteiger partial charge in [-0.25, -0.2) is 4.79 Å². The van der Waals surface area contributed by atoms with Crippen LogP contribution in [-0.2, 0) is 9.59 Å². The normalized spacial score (nSPS) is 40.0. The lowest BCUT2D eigenvalue weighted by molar-refractivity contribution is -0.151. The molecular formula is C12H16N2O3. The number of nitrogens with zero attached hydrogens (tertiary/aromatic N) is 1. The molecule has 2 saturated heterocycles. The first-order chi connectivity index (χ1) is 8.14. The Morgan fingerprint density at radius 2 is 2.35 bits per heavy atom. The van der Waals surface area contributed by atoms with Crippen molar-refractivity contribution in [3.63, 3.8) is 0 Å². The number of carbonyl (C=O) groups is 2. The van der Waals surface area contributed by atoms with E-state index in [0.29, 0.717) is 6.42 Å². The maximum atomic E-state index is 12.5. The molecule has 2 fully saturated rings. The van der Waals surface area contributed by atoms with Gasteiger partial charge in [-0.15, -0.1) is 0 Å². The molecule has 3 atom stereocenters. The number of nitrogens with one attached hydrogen (secondary N) is 1. The lowest BCUT2D eigenvalue weighted by Gasteiger charge is -2.38. The van der Waals surface area contributed by atoms with E-state index >= 15 is 0 Å². The van der Waals surface area contributed by atoms with Gasteiger partial charge in [-0.05, 0) is 32.2 Å². The van der Waals surface area contributed by atoms with Gasteiger partial charge in [0.05, 0.1) is 6.04 Å². The van der Waals surface area contributed by atoms with Crippen molar-refractivity contribution in [2.24, 2.45) is 0 Å². The zero-order valence-corrected chi connectivity index (χ0v) is 9.56. The standard InChI is InChI=1S/C12H16N2O3/c15-10(16)9-3-2-8-4-6-12(5-1-7-13-12)11(17)14(8)9/h4,6,8-9,13H,1-3,5,7H2,(H,15,16)/t8-,9-,12+/m0/s1. The van der Waals surface area contributed by atoms with Gasteiger partial charge >= 0.3 is 5.97 Å². The second kappa shape index (κ2) is 3.57. The van der Waals surface area contributed by atoms with Crippen LogP contribution in [0.4, 0.5) is 0 Å². The summed E-state index contributed by atoms with van der Waals surface area (Å²) in [6.07, 6.45) is 7.02. The third kappa shape index (κ3) is 1.42. The molecule has 5 heteroatoms. The van der Waals surface area contributed by atoms with Crippen LogP contribution in [0, 0.1) is 0 Å². The summed E-state index contributed by atoms with van der Waals surface area (Å²) < 4.78 is 0. The predicted octanol–water partition coefficient (Wildman–Crippen LogP) is 0.123. The Bertz CT molecular complexity index is 399. The van der Waals surface area contributed by atoms with Crippen LogP contribution in [0.2, 0.25) is 0 Å². The van der Waals surface area contributed by atoms with Crippen LogP contribution >= 0.6 is 0 Å². The number of rotatable bonds is 1. The zero-order chi connectivity index (χ0) is 12.0. The maximum absolute atomic E-state index is 12.5. The minimum Gasteiger partial charge on any atom is -0.480 e. The Balaban J connectivity index is 1.95. The lowest BCUT2D eigenvalue weighted by atomic mass is 9.90. The van der Waals surface area contributed by atoms with Gasteiger partial charge < -0.3 is 15.3 Å². The third-order valence-electron chi connectivity index (χ3n) is 4.12. The van der Waals surface area contributed by atoms with Gasteiger partial charge in [0.25, 0.3) is 0 Å². The van der Waals surface area contributed by atoms with Crippen LogP contribution in [0.15, 0.2) is 12.2 Å². The average molecular weight is 236 g/mol. The van der Waals surface area contributed by atoms with E-state index in [0.717, 1.165) is 25.8 Å². The zero-order valence-electron chi connectivity index (χ0n) is 9.56. The van der Waals surface area contributed by atoms with Crippen LogP contribution in [0.3, 0.4) is 0 Å². The molecule has 3 aliphatic rings. The summed E-state index contributed by atoms with van der Waals surface area (Å²) in [4.78, 5) is 25.2. The second-order valence-corrected chi connectivity index (χ2v) is 5.07. The highest BCUT2D eigenvalue weighted by Gasteiger charge is 2.51. The van der Waals surface area contributed by atoms with Crippen molar-refractivity contribution in [1.29, 1.82) is 0 Å². The van der Waals surface area contributed by atoms with E-state index in [1.54, 1.807) is 4.90 Å². The quantitative estimate of drug-likeness (QED) is 0.635. The van der Waals surface area contributed by atoms with Gasteiger partial charge in [-0.3, -0.25) is 4.79 Å². The smallest absolute Gasteiger partial charge is 0.326 e. The third-order valence-corrected chi connectivity index (χ3v) is 4.12. The second-order valence-electron chi connectivity index (χ2n) is 5.07. The van der Waals surface area contributed by atoms with Gasteiger partial charge in [0.1, 0.15) is 11.6 Å². The van der Waals surface area contributed by atoms with Crippen molar-refractivity contribution >= 4 is 11.9 Å². The molecule has 92 valence electrons. The average Bonchev–Trinajstić information content (AvgIpc) is 2.92. The van der Waals surface area contributed by atoms with Crippen LogP contribution in [0.5, 0.6) is 0 Å². The molecule has 0 saturated carbocycles. The Labute approximate surface area is 99.5 Å². The van der Waals surface area contributed by atoms with Crippen molar-refractivity contribution in [3.8, 4) is 0 Å². The first-order valence-electron chi connectivity index (χ1n) is 6.14. The molecular weight excluding hydrogens is 220 g/mol. The monoisotopic (exact) mass is 236 g/mol. The number of fused-ring (bicyclic) bond motifs is 1. The molecule has 0 bridgehead atoms. The molecule has 3 aliphatic heterocycles. The summed E-state index contributed by atoms with van der Waals surface area (Å²) in [5, 5.41) is 12.4. The van der Waals surface area contributed by atoms with E-state index in [1.165, 1.54) is 0 Å². The van der Waals surface area contributed by atoms with E-state index in [2.05, 4.69) is 5.32 Å². The molecule has 17 heavy (non-hydrogen) atoms. The van der Waals surface area contributed by atoms with Gasteiger partial charge in [0, 0.05) is 0 Å². The van der Waals surface area contributed by atoms with Crippen molar-refractivity contribution in [1.82, 2.24) is 10.2 Å². The molecule has 1 spiro atoms. The fourth-order valence-electron chi connectivity index (χ4n) is 3.23. The molecule has 3 rings (SSSR count). The maximum Gasteiger partial charge on any atom is 0.326 e. The first kappa shape index (κ1) is 10.8. The summed E-state index contributed by atoms with van der Waals surface area (Å²) in [6.45, 7) is 0.826. The number of carboxylic acid groups (broad SMARTS) is 1. The number of hydrogen-bond acceptors (Lipinski definition) is 3. The minimum atomic E-state index is -0.885. The van der Waals surface area contributed by atoms with Gasteiger partial charge in [-0.1, -0.05) is 12.2 Å².